The molecule has 1 aliphatic heterocycles. The molecule has 1 aromatic heterocycles. The Kier molecular flexibility index (Phi) is 3.49. The second-order valence-corrected chi connectivity index (χ2v) is 6.42. The molecule has 0 bridgehead atoms. The summed E-state index contributed by atoms with van der Waals surface area (Å²) < 4.78 is 1.94. The molecule has 120 valence electrons. The number of fused-ring (bicyclic) bond motifs is 1. The molecule has 0 radical (unpaired) electrons. The molecule has 1 aliphatic rings. The maximum Gasteiger partial charge on any atom is 0.113 e. The van der Waals surface area contributed by atoms with Crippen LogP contribution in [0.15, 0.2) is 52.7 Å². The minimum absolute atomic E-state index is 0.292. The number of nitrogens with zero attached hydrogens (tertiary/aromatic N) is 5. The Bertz CT molecular complexity index is 978. The highest BCUT2D eigenvalue weighted by Crippen LogP contribution is 2.22. The minimum atomic E-state index is 0.292. The van der Waals surface area contributed by atoms with Gasteiger partial charge in [0.2, 0.25) is 0 Å². The van der Waals surface area contributed by atoms with Gasteiger partial charge in [0.25, 0.3) is 0 Å². The Hall–Kier alpha value is -2.82. The summed E-state index contributed by atoms with van der Waals surface area (Å²) in [6.45, 7) is 6.31. The number of rotatable bonds is 3. The zero-order valence-corrected chi connectivity index (χ0v) is 14.1. The summed E-state index contributed by atoms with van der Waals surface area (Å²) in [5.41, 5.74) is 7.40. The molecule has 0 atom stereocenters. The van der Waals surface area contributed by atoms with Gasteiger partial charge in [0.05, 0.1) is 16.9 Å². The van der Waals surface area contributed by atoms with Crippen LogP contribution in [0.3, 0.4) is 0 Å². The van der Waals surface area contributed by atoms with Gasteiger partial charge in [-0.15, -0.1) is 5.10 Å². The Labute approximate surface area is 140 Å². The molecule has 2 aromatic carbocycles. The van der Waals surface area contributed by atoms with Crippen LogP contribution in [0.25, 0.3) is 11.0 Å². The molecule has 5 nitrogen and oxygen atoms in total. The van der Waals surface area contributed by atoms with E-state index in [4.69, 9.17) is 0 Å². The van der Waals surface area contributed by atoms with Crippen molar-refractivity contribution in [1.82, 2.24) is 15.0 Å². The van der Waals surface area contributed by atoms with Crippen molar-refractivity contribution in [3.63, 3.8) is 0 Å². The van der Waals surface area contributed by atoms with Crippen LogP contribution in [-0.2, 0) is 0 Å². The summed E-state index contributed by atoms with van der Waals surface area (Å²) in [6.07, 6.45) is 0.745. The normalized spacial score (nSPS) is 14.3. The zero-order valence-electron chi connectivity index (χ0n) is 14.1. The molecule has 3 aromatic rings. The molecule has 24 heavy (non-hydrogen) atoms. The van der Waals surface area contributed by atoms with E-state index in [9.17, 15) is 0 Å². The third kappa shape index (κ3) is 2.42. The number of aromatic nitrogens is 3. The maximum absolute atomic E-state index is 4.40. The molecular weight excluding hydrogens is 298 g/mol. The van der Waals surface area contributed by atoms with Crippen molar-refractivity contribution in [3.8, 4) is 0 Å². The van der Waals surface area contributed by atoms with Crippen LogP contribution in [0.2, 0.25) is 0 Å². The fourth-order valence-corrected chi connectivity index (χ4v) is 3.06. The lowest BCUT2D eigenvalue weighted by Crippen LogP contribution is -2.07. The molecule has 0 amide bonds. The summed E-state index contributed by atoms with van der Waals surface area (Å²) in [5, 5.41) is 17.3. The molecule has 2 heterocycles. The second-order valence-electron chi connectivity index (χ2n) is 6.42. The summed E-state index contributed by atoms with van der Waals surface area (Å²) in [5.74, 6) is 0. The van der Waals surface area contributed by atoms with E-state index in [1.165, 1.54) is 11.1 Å². The van der Waals surface area contributed by atoms with Crippen molar-refractivity contribution >= 4 is 22.5 Å². The van der Waals surface area contributed by atoms with Crippen molar-refractivity contribution < 1.29 is 0 Å². The molecule has 0 N–H and O–H groups in total. The monoisotopic (exact) mass is 317 g/mol. The molecule has 0 aliphatic carbocycles. The van der Waals surface area contributed by atoms with Crippen molar-refractivity contribution in [2.75, 3.05) is 0 Å². The third-order valence-electron chi connectivity index (χ3n) is 4.38. The van der Waals surface area contributed by atoms with Crippen molar-refractivity contribution in [2.45, 2.75) is 33.2 Å². The largest absolute Gasteiger partial charge is 0.242 e. The predicted molar refractivity (Wildman–Crippen MR) is 96.8 cm³/mol. The third-order valence-corrected chi connectivity index (χ3v) is 4.38. The van der Waals surface area contributed by atoms with Gasteiger partial charge in [-0.1, -0.05) is 35.5 Å². The lowest BCUT2D eigenvalue weighted by molar-refractivity contribution is 0.530. The predicted octanol–water partition coefficient (Wildman–Crippen LogP) is 3.92. The molecule has 0 saturated carbocycles. The van der Waals surface area contributed by atoms with Crippen LogP contribution in [-0.4, -0.2) is 26.4 Å². The van der Waals surface area contributed by atoms with E-state index < -0.39 is 0 Å². The van der Waals surface area contributed by atoms with Crippen LogP contribution < -0.4 is 0 Å². The zero-order chi connectivity index (χ0) is 16.7. The molecule has 5 heteroatoms. The van der Waals surface area contributed by atoms with E-state index in [0.717, 1.165) is 34.4 Å². The van der Waals surface area contributed by atoms with E-state index in [-0.39, 0.29) is 0 Å². The lowest BCUT2D eigenvalue weighted by Gasteiger charge is -2.06. The first-order valence-electron chi connectivity index (χ1n) is 8.18. The van der Waals surface area contributed by atoms with Gasteiger partial charge in [-0.25, -0.2) is 4.68 Å². The molecule has 0 saturated heterocycles. The Morgan fingerprint density at radius 1 is 1.00 bits per heavy atom. The van der Waals surface area contributed by atoms with E-state index in [2.05, 4.69) is 71.6 Å². The first kappa shape index (κ1) is 14.8. The summed E-state index contributed by atoms with van der Waals surface area (Å²) in [4.78, 5) is 0. The Balaban J connectivity index is 1.62. The van der Waals surface area contributed by atoms with Crippen molar-refractivity contribution in [2.24, 2.45) is 10.2 Å². The Morgan fingerprint density at radius 2 is 1.79 bits per heavy atom. The van der Waals surface area contributed by atoms with Crippen LogP contribution in [0, 0.1) is 6.92 Å². The number of hydrogen-bond acceptors (Lipinski definition) is 4. The second kappa shape index (κ2) is 5.67. The average Bonchev–Trinajstić information content (AvgIpc) is 3.21. The van der Waals surface area contributed by atoms with Crippen molar-refractivity contribution in [1.29, 1.82) is 0 Å². The van der Waals surface area contributed by atoms with E-state index >= 15 is 0 Å². The summed E-state index contributed by atoms with van der Waals surface area (Å²) in [7, 11) is 0. The number of benzene rings is 2. The minimum Gasteiger partial charge on any atom is -0.242 e. The smallest absolute Gasteiger partial charge is 0.113 e. The van der Waals surface area contributed by atoms with Crippen molar-refractivity contribution in [3.05, 3.63) is 59.2 Å². The highest BCUT2D eigenvalue weighted by atomic mass is 15.4. The van der Waals surface area contributed by atoms with Gasteiger partial charge in [-0.05, 0) is 38.5 Å². The Morgan fingerprint density at radius 3 is 2.58 bits per heavy atom. The van der Waals surface area contributed by atoms with Crippen LogP contribution in [0.5, 0.6) is 0 Å². The average molecular weight is 317 g/mol. The summed E-state index contributed by atoms with van der Waals surface area (Å²) in [6, 6.07) is 14.8. The maximum atomic E-state index is 4.40. The molecule has 0 unspecified atom stereocenters. The molecule has 4 rings (SSSR count). The highest BCUT2D eigenvalue weighted by Gasteiger charge is 2.18. The SMILES string of the molecule is Cc1ccccc1C1=NN=C(c2ccc3c(c2)nnn3C(C)C)C1. The quantitative estimate of drug-likeness (QED) is 0.735. The van der Waals surface area contributed by atoms with Crippen LogP contribution >= 0.6 is 0 Å². The van der Waals surface area contributed by atoms with Gasteiger partial charge in [0.1, 0.15) is 5.52 Å². The van der Waals surface area contributed by atoms with Gasteiger partial charge in [-0.3, -0.25) is 0 Å². The topological polar surface area (TPSA) is 55.4 Å². The van der Waals surface area contributed by atoms with Gasteiger partial charge in [-0.2, -0.15) is 10.2 Å². The van der Waals surface area contributed by atoms with E-state index in [0.29, 0.717) is 6.04 Å². The van der Waals surface area contributed by atoms with Gasteiger partial charge in [0, 0.05) is 23.6 Å². The molecule has 0 fully saturated rings. The lowest BCUT2D eigenvalue weighted by atomic mass is 9.98. The molecular formula is C19H19N5. The van der Waals surface area contributed by atoms with E-state index in [1.807, 2.05) is 16.8 Å². The first-order chi connectivity index (χ1) is 11.6. The van der Waals surface area contributed by atoms with Gasteiger partial charge < -0.3 is 0 Å². The van der Waals surface area contributed by atoms with Crippen LogP contribution in [0.1, 0.15) is 43.0 Å². The first-order valence-corrected chi connectivity index (χ1v) is 8.18. The molecule has 0 spiro atoms. The van der Waals surface area contributed by atoms with Gasteiger partial charge in [0.15, 0.2) is 0 Å². The fourth-order valence-electron chi connectivity index (χ4n) is 3.06. The van der Waals surface area contributed by atoms with Crippen LogP contribution in [0.4, 0.5) is 0 Å². The highest BCUT2D eigenvalue weighted by molar-refractivity contribution is 6.21. The standard InChI is InChI=1S/C19H19N5/c1-12(2)24-19-9-8-14(10-18(19)22-23-24)16-11-17(21-20-16)15-7-5-4-6-13(15)3/h4-10,12H,11H2,1-3H3. The number of hydrogen-bond donors (Lipinski definition) is 0. The van der Waals surface area contributed by atoms with E-state index in [1.54, 1.807) is 0 Å². The fraction of sp³-hybridized carbons (Fsp3) is 0.263. The van der Waals surface area contributed by atoms with Gasteiger partial charge >= 0.3 is 0 Å². The number of aryl methyl sites for hydroxylation is 1. The summed E-state index contributed by atoms with van der Waals surface area (Å²) >= 11 is 0.